The Morgan fingerprint density at radius 2 is 2.00 bits per heavy atom. The van der Waals surface area contributed by atoms with E-state index < -0.39 is 5.97 Å². The van der Waals surface area contributed by atoms with E-state index in [4.69, 9.17) is 0 Å². The highest BCUT2D eigenvalue weighted by molar-refractivity contribution is 5.87. The molecule has 0 radical (unpaired) electrons. The molecule has 1 aromatic carbocycles. The number of hydrogen-bond acceptors (Lipinski definition) is 5. The number of anilines is 2. The van der Waals surface area contributed by atoms with Crippen molar-refractivity contribution in [2.24, 2.45) is 0 Å². The Morgan fingerprint density at radius 1 is 1.28 bits per heavy atom. The van der Waals surface area contributed by atoms with Crippen LogP contribution in [0.2, 0.25) is 0 Å². The third-order valence-electron chi connectivity index (χ3n) is 2.15. The van der Waals surface area contributed by atoms with E-state index in [1.165, 1.54) is 31.5 Å². The third kappa shape index (κ3) is 2.79. The predicted molar refractivity (Wildman–Crippen MR) is 63.1 cm³/mol. The zero-order valence-corrected chi connectivity index (χ0v) is 9.55. The van der Waals surface area contributed by atoms with E-state index >= 15 is 0 Å². The van der Waals surface area contributed by atoms with Crippen molar-refractivity contribution in [2.75, 3.05) is 12.4 Å². The maximum atomic E-state index is 12.7. The summed E-state index contributed by atoms with van der Waals surface area (Å²) >= 11 is 0. The van der Waals surface area contributed by atoms with Crippen molar-refractivity contribution in [3.05, 3.63) is 48.0 Å². The van der Waals surface area contributed by atoms with Crippen LogP contribution in [0.15, 0.2) is 36.5 Å². The van der Waals surface area contributed by atoms with Gasteiger partial charge in [-0.1, -0.05) is 0 Å². The quantitative estimate of drug-likeness (QED) is 0.842. The van der Waals surface area contributed by atoms with Gasteiger partial charge < -0.3 is 10.1 Å². The van der Waals surface area contributed by atoms with E-state index in [9.17, 15) is 9.18 Å². The van der Waals surface area contributed by atoms with Crippen molar-refractivity contribution in [1.82, 2.24) is 9.97 Å². The number of ether oxygens (including phenoxy) is 1. The Kier molecular flexibility index (Phi) is 3.47. The first kappa shape index (κ1) is 12.0. The van der Waals surface area contributed by atoms with Crippen LogP contribution in [0.4, 0.5) is 16.0 Å². The molecule has 0 saturated heterocycles. The third-order valence-corrected chi connectivity index (χ3v) is 2.15. The molecule has 1 N–H and O–H groups in total. The van der Waals surface area contributed by atoms with Crippen LogP contribution >= 0.6 is 0 Å². The van der Waals surface area contributed by atoms with E-state index in [0.29, 0.717) is 5.69 Å². The van der Waals surface area contributed by atoms with Gasteiger partial charge in [0.05, 0.1) is 7.11 Å². The van der Waals surface area contributed by atoms with Crippen LogP contribution < -0.4 is 5.32 Å². The van der Waals surface area contributed by atoms with E-state index in [1.54, 1.807) is 12.1 Å². The standard InChI is InChI=1S/C12H10FN3O2/c1-18-11(17)10-6-7-14-12(16-10)15-9-4-2-8(13)3-5-9/h2-7H,1H3,(H,14,15,16). The molecular weight excluding hydrogens is 237 g/mol. The van der Waals surface area contributed by atoms with Crippen molar-refractivity contribution >= 4 is 17.6 Å². The molecule has 0 spiro atoms. The van der Waals surface area contributed by atoms with Crippen LogP contribution in [-0.2, 0) is 4.74 Å². The number of halogens is 1. The van der Waals surface area contributed by atoms with E-state index in [0.717, 1.165) is 0 Å². The largest absolute Gasteiger partial charge is 0.464 e. The SMILES string of the molecule is COC(=O)c1ccnc(Nc2ccc(F)cc2)n1. The van der Waals surface area contributed by atoms with E-state index in [-0.39, 0.29) is 17.5 Å². The normalized spacial score (nSPS) is 9.89. The molecule has 2 rings (SSSR count). The first-order valence-electron chi connectivity index (χ1n) is 5.13. The molecule has 92 valence electrons. The number of aromatic nitrogens is 2. The Labute approximate surface area is 103 Å². The smallest absolute Gasteiger partial charge is 0.356 e. The minimum Gasteiger partial charge on any atom is -0.464 e. The molecule has 0 amide bonds. The summed E-state index contributed by atoms with van der Waals surface area (Å²) in [6.07, 6.45) is 1.44. The van der Waals surface area contributed by atoms with Crippen molar-refractivity contribution < 1.29 is 13.9 Å². The van der Waals surface area contributed by atoms with Gasteiger partial charge in [0.15, 0.2) is 5.69 Å². The molecule has 0 fully saturated rings. The molecule has 0 aliphatic carbocycles. The molecule has 6 heteroatoms. The van der Waals surface area contributed by atoms with Crippen molar-refractivity contribution in [1.29, 1.82) is 0 Å². The second-order valence-corrected chi connectivity index (χ2v) is 3.39. The average Bonchev–Trinajstić information content (AvgIpc) is 2.41. The predicted octanol–water partition coefficient (Wildman–Crippen LogP) is 2.15. The second-order valence-electron chi connectivity index (χ2n) is 3.39. The molecular formula is C12H10FN3O2. The van der Waals surface area contributed by atoms with Crippen molar-refractivity contribution in [3.8, 4) is 0 Å². The van der Waals surface area contributed by atoms with Crippen molar-refractivity contribution in [3.63, 3.8) is 0 Å². The summed E-state index contributed by atoms with van der Waals surface area (Å²) < 4.78 is 17.3. The molecule has 5 nitrogen and oxygen atoms in total. The van der Waals surface area contributed by atoms with Gasteiger partial charge in [-0.15, -0.1) is 0 Å². The zero-order valence-electron chi connectivity index (χ0n) is 9.55. The maximum absolute atomic E-state index is 12.7. The van der Waals surface area contributed by atoms with Crippen LogP contribution in [0.25, 0.3) is 0 Å². The summed E-state index contributed by atoms with van der Waals surface area (Å²) in [6, 6.07) is 7.16. The second kappa shape index (κ2) is 5.22. The number of esters is 1. The van der Waals surface area contributed by atoms with Crippen LogP contribution in [0.3, 0.4) is 0 Å². The topological polar surface area (TPSA) is 64.1 Å². The summed E-state index contributed by atoms with van der Waals surface area (Å²) in [5.74, 6) is -0.631. The van der Waals surface area contributed by atoms with Crippen LogP contribution in [0.1, 0.15) is 10.5 Å². The highest BCUT2D eigenvalue weighted by atomic mass is 19.1. The fraction of sp³-hybridized carbons (Fsp3) is 0.0833. The number of methoxy groups -OCH3 is 1. The van der Waals surface area contributed by atoms with Gasteiger partial charge in [-0.3, -0.25) is 0 Å². The highest BCUT2D eigenvalue weighted by Gasteiger charge is 2.08. The number of benzene rings is 1. The molecule has 18 heavy (non-hydrogen) atoms. The summed E-state index contributed by atoms with van der Waals surface area (Å²) in [5.41, 5.74) is 0.774. The molecule has 0 bridgehead atoms. The number of nitrogens with zero attached hydrogens (tertiary/aromatic N) is 2. The first-order valence-corrected chi connectivity index (χ1v) is 5.13. The summed E-state index contributed by atoms with van der Waals surface area (Å²) in [6.45, 7) is 0. The fourth-order valence-corrected chi connectivity index (χ4v) is 1.30. The molecule has 1 aromatic heterocycles. The highest BCUT2D eigenvalue weighted by Crippen LogP contribution is 2.13. The fourth-order valence-electron chi connectivity index (χ4n) is 1.30. The lowest BCUT2D eigenvalue weighted by atomic mass is 10.3. The lowest BCUT2D eigenvalue weighted by Crippen LogP contribution is -2.07. The Hall–Kier alpha value is -2.50. The Balaban J connectivity index is 2.19. The zero-order chi connectivity index (χ0) is 13.0. The van der Waals surface area contributed by atoms with Gasteiger partial charge in [0.1, 0.15) is 5.82 Å². The van der Waals surface area contributed by atoms with E-state index in [1.807, 2.05) is 0 Å². The van der Waals surface area contributed by atoms with Crippen LogP contribution in [0.5, 0.6) is 0 Å². The molecule has 0 aliphatic rings. The van der Waals surface area contributed by atoms with Gasteiger partial charge in [-0.25, -0.2) is 19.2 Å². The first-order chi connectivity index (χ1) is 8.69. The minimum absolute atomic E-state index is 0.150. The molecule has 0 unspecified atom stereocenters. The molecule has 0 aliphatic heterocycles. The summed E-state index contributed by atoms with van der Waals surface area (Å²) in [7, 11) is 1.28. The van der Waals surface area contributed by atoms with E-state index in [2.05, 4.69) is 20.0 Å². The lowest BCUT2D eigenvalue weighted by Gasteiger charge is -2.05. The molecule has 2 aromatic rings. The van der Waals surface area contributed by atoms with Crippen LogP contribution in [0, 0.1) is 5.82 Å². The number of carbonyl (C=O) groups is 1. The van der Waals surface area contributed by atoms with Gasteiger partial charge in [0.25, 0.3) is 0 Å². The lowest BCUT2D eigenvalue weighted by molar-refractivity contribution is 0.0594. The molecule has 1 heterocycles. The molecule has 0 atom stereocenters. The van der Waals surface area contributed by atoms with Crippen LogP contribution in [-0.4, -0.2) is 23.0 Å². The van der Waals surface area contributed by atoms with Gasteiger partial charge in [0, 0.05) is 11.9 Å². The van der Waals surface area contributed by atoms with Crippen molar-refractivity contribution in [2.45, 2.75) is 0 Å². The monoisotopic (exact) mass is 247 g/mol. The minimum atomic E-state index is -0.542. The van der Waals surface area contributed by atoms with Gasteiger partial charge >= 0.3 is 5.97 Å². The van der Waals surface area contributed by atoms with Gasteiger partial charge in [-0.2, -0.15) is 0 Å². The van der Waals surface area contributed by atoms with Gasteiger partial charge in [0.2, 0.25) is 5.95 Å². The number of hydrogen-bond donors (Lipinski definition) is 1. The van der Waals surface area contributed by atoms with Gasteiger partial charge in [-0.05, 0) is 30.3 Å². The molecule has 0 saturated carbocycles. The average molecular weight is 247 g/mol. The number of carbonyl (C=O) groups excluding carboxylic acids is 1. The number of rotatable bonds is 3. The maximum Gasteiger partial charge on any atom is 0.356 e. The Bertz CT molecular complexity index is 558. The summed E-state index contributed by atoms with van der Waals surface area (Å²) in [4.78, 5) is 19.2. The summed E-state index contributed by atoms with van der Waals surface area (Å²) in [5, 5.41) is 2.85. The Morgan fingerprint density at radius 3 is 2.67 bits per heavy atom. The number of nitrogens with one attached hydrogen (secondary N) is 1.